The summed E-state index contributed by atoms with van der Waals surface area (Å²) in [6.07, 6.45) is 1.48. The van der Waals surface area contributed by atoms with Gasteiger partial charge in [-0.1, -0.05) is 47.5 Å². The van der Waals surface area contributed by atoms with Gasteiger partial charge in [0.25, 0.3) is 0 Å². The number of para-hydroxylation sites is 1. The maximum atomic E-state index is 12.2. The van der Waals surface area contributed by atoms with Gasteiger partial charge >= 0.3 is 6.03 Å². The number of nitrogens with one attached hydrogen (secondary N) is 1. The van der Waals surface area contributed by atoms with Crippen molar-refractivity contribution in [3.63, 3.8) is 0 Å². The second kappa shape index (κ2) is 8.70. The maximum absolute atomic E-state index is 12.2. The molecule has 1 heterocycles. The number of rotatable bonds is 4. The summed E-state index contributed by atoms with van der Waals surface area (Å²) < 4.78 is 7.27. The van der Waals surface area contributed by atoms with E-state index in [0.29, 0.717) is 28.6 Å². The molecule has 0 aliphatic carbocycles. The molecule has 3 aromatic rings. The van der Waals surface area contributed by atoms with Crippen molar-refractivity contribution in [1.82, 2.24) is 9.78 Å². The molecule has 0 saturated carbocycles. The molecule has 0 spiro atoms. The van der Waals surface area contributed by atoms with Crippen LogP contribution in [0.25, 0.3) is 5.69 Å². The van der Waals surface area contributed by atoms with Gasteiger partial charge in [0.2, 0.25) is 5.88 Å². The zero-order valence-corrected chi connectivity index (χ0v) is 15.9. The lowest BCUT2D eigenvalue weighted by Gasteiger charge is -2.12. The van der Waals surface area contributed by atoms with Gasteiger partial charge < -0.3 is 10.1 Å². The number of amides is 2. The minimum atomic E-state index is -0.596. The van der Waals surface area contributed by atoms with E-state index in [4.69, 9.17) is 27.9 Å². The van der Waals surface area contributed by atoms with Gasteiger partial charge in [-0.3, -0.25) is 0 Å². The Hall–Kier alpha value is -2.83. The Morgan fingerprint density at radius 2 is 1.96 bits per heavy atom. The number of ether oxygens (including phenoxy) is 1. The van der Waals surface area contributed by atoms with E-state index in [9.17, 15) is 4.79 Å². The average Bonchev–Trinajstić information content (AvgIpc) is 2.67. The molecule has 2 amide bonds. The SMILES string of the molecule is CCOc1c/c(=N/C(=O)Nc2cccc(Cl)c2Cl)cnn1-c1ccccc1. The minimum Gasteiger partial charge on any atom is -0.478 e. The van der Waals surface area contributed by atoms with Crippen molar-refractivity contribution < 1.29 is 9.53 Å². The fourth-order valence-electron chi connectivity index (χ4n) is 2.33. The predicted octanol–water partition coefficient (Wildman–Crippen LogP) is 4.71. The van der Waals surface area contributed by atoms with Crippen LogP contribution >= 0.6 is 23.2 Å². The summed E-state index contributed by atoms with van der Waals surface area (Å²) in [5.41, 5.74) is 1.22. The fourth-order valence-corrected chi connectivity index (χ4v) is 2.68. The zero-order valence-electron chi connectivity index (χ0n) is 14.4. The minimum absolute atomic E-state index is 0.255. The second-order valence-corrected chi connectivity index (χ2v) is 6.16. The van der Waals surface area contributed by atoms with Crippen molar-refractivity contribution in [3.05, 3.63) is 76.2 Å². The first-order valence-electron chi connectivity index (χ1n) is 8.16. The van der Waals surface area contributed by atoms with Crippen molar-refractivity contribution in [1.29, 1.82) is 0 Å². The van der Waals surface area contributed by atoms with Gasteiger partial charge in [0.05, 0.1) is 39.6 Å². The molecule has 2 aromatic carbocycles. The fraction of sp³-hybridized carbons (Fsp3) is 0.105. The number of carbonyl (C=O) groups is 1. The molecule has 1 aromatic heterocycles. The van der Waals surface area contributed by atoms with Crippen LogP contribution in [0.5, 0.6) is 5.88 Å². The third-order valence-corrected chi connectivity index (χ3v) is 4.32. The third-order valence-electron chi connectivity index (χ3n) is 3.50. The quantitative estimate of drug-likeness (QED) is 0.686. The number of urea groups is 1. The summed E-state index contributed by atoms with van der Waals surface area (Å²) in [6, 6.07) is 15.5. The van der Waals surface area contributed by atoms with Crippen LogP contribution in [0, 0.1) is 0 Å². The van der Waals surface area contributed by atoms with E-state index in [1.165, 1.54) is 6.20 Å². The summed E-state index contributed by atoms with van der Waals surface area (Å²) in [6.45, 7) is 2.31. The highest BCUT2D eigenvalue weighted by Crippen LogP contribution is 2.29. The Labute approximate surface area is 166 Å². The largest absolute Gasteiger partial charge is 0.478 e. The summed E-state index contributed by atoms with van der Waals surface area (Å²) >= 11 is 12.0. The Balaban J connectivity index is 1.91. The van der Waals surface area contributed by atoms with Crippen LogP contribution in [0.1, 0.15) is 6.92 Å². The number of hydrogen-bond acceptors (Lipinski definition) is 3. The lowest BCUT2D eigenvalue weighted by Crippen LogP contribution is -2.17. The molecule has 0 aliphatic heterocycles. The van der Waals surface area contributed by atoms with E-state index in [0.717, 1.165) is 5.69 Å². The molecular formula is C19H16Cl2N4O2. The van der Waals surface area contributed by atoms with Crippen molar-refractivity contribution in [2.45, 2.75) is 6.92 Å². The smallest absolute Gasteiger partial charge is 0.346 e. The lowest BCUT2D eigenvalue weighted by molar-refractivity contribution is 0.259. The predicted molar refractivity (Wildman–Crippen MR) is 106 cm³/mol. The van der Waals surface area contributed by atoms with Gasteiger partial charge in [0.1, 0.15) is 0 Å². The first-order chi connectivity index (χ1) is 13.1. The van der Waals surface area contributed by atoms with E-state index < -0.39 is 6.03 Å². The molecule has 0 radical (unpaired) electrons. The number of benzene rings is 2. The van der Waals surface area contributed by atoms with E-state index in [-0.39, 0.29) is 5.02 Å². The van der Waals surface area contributed by atoms with Gasteiger partial charge in [-0.25, -0.2) is 9.48 Å². The summed E-state index contributed by atoms with van der Waals surface area (Å²) in [5, 5.41) is 7.88. The maximum Gasteiger partial charge on any atom is 0.346 e. The molecule has 6 nitrogen and oxygen atoms in total. The third kappa shape index (κ3) is 4.67. The number of hydrogen-bond donors (Lipinski definition) is 1. The number of aromatic nitrogens is 2. The highest BCUT2D eigenvalue weighted by Gasteiger charge is 2.08. The second-order valence-electron chi connectivity index (χ2n) is 5.38. The normalized spacial score (nSPS) is 11.3. The molecule has 0 unspecified atom stereocenters. The van der Waals surface area contributed by atoms with Crippen molar-refractivity contribution in [2.24, 2.45) is 4.99 Å². The first kappa shape index (κ1) is 18.9. The molecular weight excluding hydrogens is 387 g/mol. The van der Waals surface area contributed by atoms with Crippen LogP contribution in [0.2, 0.25) is 10.0 Å². The van der Waals surface area contributed by atoms with E-state index in [1.54, 1.807) is 28.9 Å². The molecule has 0 bridgehead atoms. The molecule has 138 valence electrons. The number of anilines is 1. The molecule has 8 heteroatoms. The van der Waals surface area contributed by atoms with Crippen molar-refractivity contribution in [2.75, 3.05) is 11.9 Å². The van der Waals surface area contributed by atoms with Gasteiger partial charge in [-0.15, -0.1) is 0 Å². The first-order valence-corrected chi connectivity index (χ1v) is 8.91. The molecule has 27 heavy (non-hydrogen) atoms. The van der Waals surface area contributed by atoms with Gasteiger partial charge in [-0.2, -0.15) is 10.1 Å². The van der Waals surface area contributed by atoms with Gasteiger partial charge in [0, 0.05) is 6.07 Å². The average molecular weight is 403 g/mol. The van der Waals surface area contributed by atoms with Crippen molar-refractivity contribution >= 4 is 34.9 Å². The van der Waals surface area contributed by atoms with Gasteiger partial charge in [-0.05, 0) is 31.2 Å². The number of nitrogens with zero attached hydrogens (tertiary/aromatic N) is 3. The molecule has 3 rings (SSSR count). The van der Waals surface area contributed by atoms with Crippen LogP contribution in [0.4, 0.5) is 10.5 Å². The van der Waals surface area contributed by atoms with Crippen LogP contribution in [0.3, 0.4) is 0 Å². The Kier molecular flexibility index (Phi) is 6.11. The Morgan fingerprint density at radius 3 is 2.70 bits per heavy atom. The standard InChI is InChI=1S/C19H16Cl2N4O2/c1-2-27-17-11-13(12-22-25(17)14-7-4-3-5-8-14)23-19(26)24-16-10-6-9-15(20)18(16)21/h3-12H,2H2,1H3,(H,24,26)/b23-13-. The number of carbonyl (C=O) groups excluding carboxylic acids is 1. The topological polar surface area (TPSA) is 68.5 Å². The van der Waals surface area contributed by atoms with Crippen LogP contribution < -0.4 is 15.4 Å². The molecule has 0 fully saturated rings. The van der Waals surface area contributed by atoms with E-state index in [2.05, 4.69) is 15.4 Å². The molecule has 0 aliphatic rings. The van der Waals surface area contributed by atoms with Crippen LogP contribution in [-0.4, -0.2) is 22.4 Å². The summed E-state index contributed by atoms with van der Waals surface area (Å²) in [7, 11) is 0. The van der Waals surface area contributed by atoms with Crippen molar-refractivity contribution in [3.8, 4) is 11.6 Å². The highest BCUT2D eigenvalue weighted by molar-refractivity contribution is 6.43. The van der Waals surface area contributed by atoms with Gasteiger partial charge in [0.15, 0.2) is 0 Å². The summed E-state index contributed by atoms with van der Waals surface area (Å²) in [4.78, 5) is 16.2. The van der Waals surface area contributed by atoms with E-state index in [1.807, 2.05) is 37.3 Å². The summed E-state index contributed by atoms with van der Waals surface area (Å²) in [5.74, 6) is 0.471. The Morgan fingerprint density at radius 1 is 1.19 bits per heavy atom. The lowest BCUT2D eigenvalue weighted by atomic mass is 10.3. The monoisotopic (exact) mass is 402 g/mol. The number of halogens is 2. The van der Waals surface area contributed by atoms with Crippen LogP contribution in [-0.2, 0) is 0 Å². The molecule has 0 saturated heterocycles. The molecule has 1 N–H and O–H groups in total. The van der Waals surface area contributed by atoms with Crippen LogP contribution in [0.15, 0.2) is 65.8 Å². The van der Waals surface area contributed by atoms with E-state index >= 15 is 0 Å². The Bertz CT molecular complexity index is 1020. The molecule has 0 atom stereocenters. The zero-order chi connectivity index (χ0) is 19.2. The highest BCUT2D eigenvalue weighted by atomic mass is 35.5.